The van der Waals surface area contributed by atoms with Crippen molar-refractivity contribution in [2.45, 2.75) is 17.9 Å². The fourth-order valence-corrected chi connectivity index (χ4v) is 4.00. The number of hydrogen-bond acceptors (Lipinski definition) is 3. The van der Waals surface area contributed by atoms with Gasteiger partial charge >= 0.3 is 0 Å². The summed E-state index contributed by atoms with van der Waals surface area (Å²) in [6, 6.07) is 14.2. The number of nitrogens with one attached hydrogen (secondary N) is 1. The summed E-state index contributed by atoms with van der Waals surface area (Å²) in [6.07, 6.45) is 0.304. The Morgan fingerprint density at radius 3 is 2.44 bits per heavy atom. The van der Waals surface area contributed by atoms with Gasteiger partial charge in [-0.3, -0.25) is 4.79 Å². The summed E-state index contributed by atoms with van der Waals surface area (Å²) in [5.74, 6) is -0.413. The van der Waals surface area contributed by atoms with Crippen molar-refractivity contribution in [1.29, 1.82) is 0 Å². The quantitative estimate of drug-likeness (QED) is 0.856. The molecule has 1 unspecified atom stereocenters. The second-order valence-corrected chi connectivity index (χ2v) is 7.90. The lowest BCUT2D eigenvalue weighted by Gasteiger charge is -2.17. The third kappa shape index (κ3) is 4.43. The predicted octanol–water partition coefficient (Wildman–Crippen LogP) is 2.15. The average molecular weight is 362 g/mol. The molecule has 3 rings (SSSR count). The summed E-state index contributed by atoms with van der Waals surface area (Å²) >= 11 is 0. The minimum atomic E-state index is -3.57. The van der Waals surface area contributed by atoms with Gasteiger partial charge in [0.2, 0.25) is 15.9 Å². The highest BCUT2D eigenvalue weighted by molar-refractivity contribution is 7.89. The van der Waals surface area contributed by atoms with Gasteiger partial charge in [-0.1, -0.05) is 30.3 Å². The third-order valence-electron chi connectivity index (χ3n) is 4.20. The minimum Gasteiger partial charge on any atom is -0.338 e. The van der Waals surface area contributed by atoms with Gasteiger partial charge in [0, 0.05) is 26.1 Å². The van der Waals surface area contributed by atoms with Crippen LogP contribution in [0.5, 0.6) is 0 Å². The first-order chi connectivity index (χ1) is 11.9. The maximum Gasteiger partial charge on any atom is 0.240 e. The third-order valence-corrected chi connectivity index (χ3v) is 5.64. The number of hydrogen-bond donors (Lipinski definition) is 1. The highest BCUT2D eigenvalue weighted by Gasteiger charge is 2.30. The van der Waals surface area contributed by atoms with Crippen LogP contribution in [-0.4, -0.2) is 32.3 Å². The van der Waals surface area contributed by atoms with Crippen LogP contribution in [0.3, 0.4) is 0 Å². The molecule has 132 valence electrons. The molecule has 0 spiro atoms. The van der Waals surface area contributed by atoms with Gasteiger partial charge in [0.15, 0.2) is 0 Å². The Morgan fingerprint density at radius 1 is 1.08 bits per heavy atom. The Labute approximate surface area is 146 Å². The number of likely N-dealkylation sites (tertiary alicyclic amines) is 1. The zero-order chi connectivity index (χ0) is 17.9. The van der Waals surface area contributed by atoms with E-state index in [2.05, 4.69) is 4.72 Å². The van der Waals surface area contributed by atoms with E-state index in [1.807, 2.05) is 0 Å². The second-order valence-electron chi connectivity index (χ2n) is 6.14. The molecule has 1 aliphatic heterocycles. The van der Waals surface area contributed by atoms with Gasteiger partial charge in [0.25, 0.3) is 0 Å². The summed E-state index contributed by atoms with van der Waals surface area (Å²) in [7, 11) is -3.57. The first-order valence-corrected chi connectivity index (χ1v) is 9.49. The number of benzene rings is 2. The van der Waals surface area contributed by atoms with E-state index in [4.69, 9.17) is 0 Å². The van der Waals surface area contributed by atoms with Crippen LogP contribution in [0.1, 0.15) is 12.0 Å². The van der Waals surface area contributed by atoms with Crippen LogP contribution in [0.4, 0.5) is 4.39 Å². The molecule has 5 nitrogen and oxygen atoms in total. The number of amides is 1. The van der Waals surface area contributed by atoms with E-state index in [1.54, 1.807) is 35.2 Å². The fourth-order valence-electron chi connectivity index (χ4n) is 2.86. The Balaban J connectivity index is 1.57. The number of sulfonamides is 1. The maximum atomic E-state index is 12.9. The molecule has 1 saturated heterocycles. The Hall–Kier alpha value is -2.25. The summed E-state index contributed by atoms with van der Waals surface area (Å²) in [4.78, 5) is 14.0. The zero-order valence-corrected chi connectivity index (χ0v) is 14.4. The second kappa shape index (κ2) is 7.33. The molecule has 0 saturated carbocycles. The smallest absolute Gasteiger partial charge is 0.240 e. The van der Waals surface area contributed by atoms with Gasteiger partial charge in [0.1, 0.15) is 5.82 Å². The Morgan fingerprint density at radius 2 is 1.76 bits per heavy atom. The van der Waals surface area contributed by atoms with E-state index in [0.29, 0.717) is 19.5 Å². The summed E-state index contributed by atoms with van der Waals surface area (Å²) < 4.78 is 40.0. The molecule has 1 heterocycles. The molecular formula is C18H19FN2O3S. The molecule has 0 radical (unpaired) electrons. The van der Waals surface area contributed by atoms with Crippen LogP contribution in [0.25, 0.3) is 0 Å². The van der Waals surface area contributed by atoms with Crippen LogP contribution in [0.2, 0.25) is 0 Å². The summed E-state index contributed by atoms with van der Waals surface area (Å²) in [5, 5.41) is 0. The van der Waals surface area contributed by atoms with Crippen LogP contribution >= 0.6 is 0 Å². The van der Waals surface area contributed by atoms with Gasteiger partial charge in [-0.15, -0.1) is 0 Å². The SMILES string of the molecule is O=C1CC(CNS(=O)(=O)c2ccccc2)CN1Cc1ccc(F)cc1. The van der Waals surface area contributed by atoms with Crippen LogP contribution < -0.4 is 4.72 Å². The molecule has 1 aliphatic rings. The van der Waals surface area contributed by atoms with Crippen LogP contribution in [0, 0.1) is 11.7 Å². The zero-order valence-electron chi connectivity index (χ0n) is 13.6. The lowest BCUT2D eigenvalue weighted by molar-refractivity contribution is -0.128. The van der Waals surface area contributed by atoms with Crippen molar-refractivity contribution in [2.75, 3.05) is 13.1 Å². The standard InChI is InChI=1S/C18H19FN2O3S/c19-16-8-6-14(7-9-16)12-21-13-15(10-18(21)22)11-20-25(23,24)17-4-2-1-3-5-17/h1-9,15,20H,10-13H2. The minimum absolute atomic E-state index is 0.0202. The molecule has 0 aliphatic carbocycles. The molecular weight excluding hydrogens is 343 g/mol. The van der Waals surface area contributed by atoms with E-state index in [1.165, 1.54) is 24.3 Å². The van der Waals surface area contributed by atoms with Crippen LogP contribution in [0.15, 0.2) is 59.5 Å². The van der Waals surface area contributed by atoms with Gasteiger partial charge < -0.3 is 4.90 Å². The lowest BCUT2D eigenvalue weighted by atomic mass is 10.1. The molecule has 2 aromatic carbocycles. The monoisotopic (exact) mass is 362 g/mol. The van der Waals surface area contributed by atoms with Gasteiger partial charge in [0.05, 0.1) is 4.90 Å². The summed E-state index contributed by atoms with van der Waals surface area (Å²) in [6.45, 7) is 1.09. The molecule has 1 N–H and O–H groups in total. The van der Waals surface area contributed by atoms with Crippen molar-refractivity contribution in [3.05, 3.63) is 66.0 Å². The average Bonchev–Trinajstić information content (AvgIpc) is 2.96. The van der Waals surface area contributed by atoms with E-state index in [9.17, 15) is 17.6 Å². The van der Waals surface area contributed by atoms with Crippen molar-refractivity contribution in [1.82, 2.24) is 9.62 Å². The summed E-state index contributed by atoms with van der Waals surface area (Å²) in [5.41, 5.74) is 0.847. The predicted molar refractivity (Wildman–Crippen MR) is 91.6 cm³/mol. The Bertz CT molecular complexity index is 838. The normalized spacial score (nSPS) is 17.9. The van der Waals surface area contributed by atoms with Crippen molar-refractivity contribution in [2.24, 2.45) is 5.92 Å². The molecule has 7 heteroatoms. The Kier molecular flexibility index (Phi) is 5.15. The number of rotatable bonds is 6. The lowest BCUT2D eigenvalue weighted by Crippen LogP contribution is -2.31. The topological polar surface area (TPSA) is 66.5 Å². The van der Waals surface area contributed by atoms with E-state index in [0.717, 1.165) is 5.56 Å². The van der Waals surface area contributed by atoms with Gasteiger partial charge in [-0.2, -0.15) is 0 Å². The first-order valence-electron chi connectivity index (χ1n) is 8.01. The highest BCUT2D eigenvalue weighted by Crippen LogP contribution is 2.20. The molecule has 0 aromatic heterocycles. The largest absolute Gasteiger partial charge is 0.338 e. The number of halogens is 1. The van der Waals surface area contributed by atoms with E-state index in [-0.39, 0.29) is 29.1 Å². The van der Waals surface area contributed by atoms with Crippen molar-refractivity contribution in [3.8, 4) is 0 Å². The first kappa shape index (κ1) is 17.6. The highest BCUT2D eigenvalue weighted by atomic mass is 32.2. The maximum absolute atomic E-state index is 12.9. The van der Waals surface area contributed by atoms with Crippen molar-refractivity contribution >= 4 is 15.9 Å². The molecule has 2 aromatic rings. The molecule has 1 fully saturated rings. The molecule has 25 heavy (non-hydrogen) atoms. The molecule has 1 atom stereocenters. The number of carbonyl (C=O) groups excluding carboxylic acids is 1. The van der Waals surface area contributed by atoms with Crippen molar-refractivity contribution < 1.29 is 17.6 Å². The fraction of sp³-hybridized carbons (Fsp3) is 0.278. The number of nitrogens with zero attached hydrogens (tertiary/aromatic N) is 1. The van der Waals surface area contributed by atoms with E-state index >= 15 is 0 Å². The van der Waals surface area contributed by atoms with Crippen molar-refractivity contribution in [3.63, 3.8) is 0 Å². The van der Waals surface area contributed by atoms with Gasteiger partial charge in [-0.05, 0) is 35.7 Å². The van der Waals surface area contributed by atoms with Crippen LogP contribution in [-0.2, 0) is 21.4 Å². The number of carbonyl (C=O) groups is 1. The van der Waals surface area contributed by atoms with E-state index < -0.39 is 10.0 Å². The molecule has 0 bridgehead atoms. The molecule has 1 amide bonds. The van der Waals surface area contributed by atoms with Gasteiger partial charge in [-0.25, -0.2) is 17.5 Å².